The number of thioether (sulfide) groups is 2. The molecular weight excluding hydrogens is 434 g/mol. The Kier molecular flexibility index (Phi) is 6.86. The van der Waals surface area contributed by atoms with E-state index in [0.717, 1.165) is 47.3 Å². The molecule has 0 radical (unpaired) electrons. The lowest BCUT2D eigenvalue weighted by Crippen LogP contribution is -2.29. The van der Waals surface area contributed by atoms with E-state index < -0.39 is 0 Å². The lowest BCUT2D eigenvalue weighted by Gasteiger charge is -2.23. The van der Waals surface area contributed by atoms with Crippen LogP contribution >= 0.6 is 23.5 Å². The number of nitrogens with one attached hydrogen (secondary N) is 3. The molecule has 4 aromatic rings. The zero-order valence-electron chi connectivity index (χ0n) is 17.8. The smallest absolute Gasteiger partial charge is 0.166 e. The molecule has 7 heteroatoms. The molecule has 1 aromatic heterocycles. The quantitative estimate of drug-likeness (QED) is 0.263. The van der Waals surface area contributed by atoms with Crippen LogP contribution in [-0.4, -0.2) is 45.0 Å². The van der Waals surface area contributed by atoms with E-state index >= 15 is 0 Å². The number of para-hydroxylation sites is 4. The molecule has 0 atom stereocenters. The Morgan fingerprint density at radius 3 is 2.25 bits per heavy atom. The number of rotatable bonds is 10. The topological polar surface area (TPSA) is 56.0 Å². The maximum absolute atomic E-state index is 4.70. The zero-order valence-corrected chi connectivity index (χ0v) is 19.5. The maximum Gasteiger partial charge on any atom is 0.166 e. The lowest BCUT2D eigenvalue weighted by molar-refractivity contribution is 0.301. The molecule has 5 rings (SSSR count). The molecule has 0 amide bonds. The van der Waals surface area contributed by atoms with E-state index in [1.165, 1.54) is 16.9 Å². The standard InChI is InChI=1S/C25H27N5S2/c1-2-8-19(9-3-1)18-30(14-16-31-24-26-20-10-4-5-11-21(20)27-24)15-17-32-25-28-22-12-6-7-13-23(22)29-25/h1-13,24,26-27H,14-18H2,(H,28,29). The van der Waals surface area contributed by atoms with Crippen molar-refractivity contribution in [1.82, 2.24) is 14.9 Å². The number of anilines is 2. The van der Waals surface area contributed by atoms with Gasteiger partial charge in [-0.05, 0) is 29.8 Å². The SMILES string of the molecule is c1ccc(CN(CCSc2nc3ccccc3[nH]2)CCSC2Nc3ccccc3N2)cc1. The van der Waals surface area contributed by atoms with Crippen molar-refractivity contribution >= 4 is 45.9 Å². The van der Waals surface area contributed by atoms with Crippen LogP contribution in [0.2, 0.25) is 0 Å². The van der Waals surface area contributed by atoms with Crippen molar-refractivity contribution in [3.63, 3.8) is 0 Å². The monoisotopic (exact) mass is 461 g/mol. The number of hydrogen-bond acceptors (Lipinski definition) is 6. The minimum Gasteiger partial charge on any atom is -0.355 e. The second kappa shape index (κ2) is 10.3. The average Bonchev–Trinajstić information content (AvgIpc) is 3.43. The van der Waals surface area contributed by atoms with Crippen LogP contribution in [0.25, 0.3) is 11.0 Å². The van der Waals surface area contributed by atoms with Crippen LogP contribution in [-0.2, 0) is 6.54 Å². The van der Waals surface area contributed by atoms with E-state index in [0.29, 0.717) is 0 Å². The number of hydrogen-bond donors (Lipinski definition) is 3. The minimum atomic E-state index is 0.232. The first kappa shape index (κ1) is 21.2. The van der Waals surface area contributed by atoms with Crippen molar-refractivity contribution < 1.29 is 0 Å². The van der Waals surface area contributed by atoms with Crippen molar-refractivity contribution in [2.45, 2.75) is 17.2 Å². The maximum atomic E-state index is 4.70. The van der Waals surface area contributed by atoms with Crippen LogP contribution in [0.5, 0.6) is 0 Å². The number of fused-ring (bicyclic) bond motifs is 2. The van der Waals surface area contributed by atoms with Gasteiger partial charge in [-0.15, -0.1) is 11.8 Å². The van der Waals surface area contributed by atoms with Crippen molar-refractivity contribution in [2.24, 2.45) is 0 Å². The fourth-order valence-corrected chi connectivity index (χ4v) is 5.72. The van der Waals surface area contributed by atoms with Crippen LogP contribution in [0.3, 0.4) is 0 Å². The summed E-state index contributed by atoms with van der Waals surface area (Å²) in [7, 11) is 0. The normalized spacial score (nSPS) is 13.3. The Labute approximate surface area is 197 Å². The molecule has 0 saturated heterocycles. The second-order valence-corrected chi connectivity index (χ2v) is 10.1. The van der Waals surface area contributed by atoms with E-state index in [1.54, 1.807) is 11.8 Å². The van der Waals surface area contributed by atoms with Crippen LogP contribution in [0.15, 0.2) is 84.0 Å². The van der Waals surface area contributed by atoms with E-state index in [1.807, 2.05) is 23.9 Å². The molecule has 2 heterocycles. The van der Waals surface area contributed by atoms with E-state index in [-0.39, 0.29) is 5.50 Å². The molecule has 0 aliphatic carbocycles. The van der Waals surface area contributed by atoms with Gasteiger partial charge in [-0.1, -0.05) is 66.4 Å². The molecule has 3 aromatic carbocycles. The Hall–Kier alpha value is -2.61. The predicted octanol–water partition coefficient (Wildman–Crippen LogP) is 5.71. The first-order valence-corrected chi connectivity index (χ1v) is 12.9. The number of H-pyrrole nitrogens is 1. The fourth-order valence-electron chi connectivity index (χ4n) is 3.82. The molecule has 0 spiro atoms. The highest BCUT2D eigenvalue weighted by Crippen LogP contribution is 2.32. The molecule has 0 unspecified atom stereocenters. The van der Waals surface area contributed by atoms with Crippen LogP contribution < -0.4 is 10.6 Å². The summed E-state index contributed by atoms with van der Waals surface area (Å²) < 4.78 is 0. The van der Waals surface area contributed by atoms with Crippen LogP contribution in [0.1, 0.15) is 5.56 Å². The van der Waals surface area contributed by atoms with Crippen molar-refractivity contribution in [1.29, 1.82) is 0 Å². The largest absolute Gasteiger partial charge is 0.355 e. The third kappa shape index (κ3) is 5.41. The first-order chi connectivity index (χ1) is 15.8. The van der Waals surface area contributed by atoms with Gasteiger partial charge in [-0.25, -0.2) is 4.98 Å². The summed E-state index contributed by atoms with van der Waals surface area (Å²) in [5.41, 5.74) is 6.10. The molecular formula is C25H27N5S2. The molecule has 1 aliphatic heterocycles. The third-order valence-electron chi connectivity index (χ3n) is 5.46. The van der Waals surface area contributed by atoms with Gasteiger partial charge in [-0.3, -0.25) is 4.90 Å². The van der Waals surface area contributed by atoms with Crippen LogP contribution in [0, 0.1) is 0 Å². The van der Waals surface area contributed by atoms with Gasteiger partial charge in [0.2, 0.25) is 0 Å². The average molecular weight is 462 g/mol. The number of imidazole rings is 1. The summed E-state index contributed by atoms with van der Waals surface area (Å²) in [6.45, 7) is 3.02. The molecule has 3 N–H and O–H groups in total. The number of aromatic nitrogens is 2. The molecule has 1 aliphatic rings. The Balaban J connectivity index is 1.14. The van der Waals surface area contributed by atoms with E-state index in [4.69, 9.17) is 4.98 Å². The molecule has 5 nitrogen and oxygen atoms in total. The van der Waals surface area contributed by atoms with Gasteiger partial charge < -0.3 is 15.6 Å². The highest BCUT2D eigenvalue weighted by Gasteiger charge is 2.19. The molecule has 0 bridgehead atoms. The minimum absolute atomic E-state index is 0.232. The first-order valence-electron chi connectivity index (χ1n) is 10.9. The van der Waals surface area contributed by atoms with Crippen molar-refractivity contribution in [3.8, 4) is 0 Å². The highest BCUT2D eigenvalue weighted by atomic mass is 32.2. The van der Waals surface area contributed by atoms with Gasteiger partial charge in [0, 0.05) is 31.1 Å². The summed E-state index contributed by atoms with van der Waals surface area (Å²) in [5.74, 6) is 2.06. The van der Waals surface area contributed by atoms with Gasteiger partial charge in [0.15, 0.2) is 5.16 Å². The van der Waals surface area contributed by atoms with Gasteiger partial charge in [0.1, 0.15) is 5.50 Å². The molecule has 0 fully saturated rings. The Bertz CT molecular complexity index is 1090. The Morgan fingerprint density at radius 1 is 0.781 bits per heavy atom. The number of nitrogens with zero attached hydrogens (tertiary/aromatic N) is 2. The third-order valence-corrected chi connectivity index (χ3v) is 7.30. The summed E-state index contributed by atoms with van der Waals surface area (Å²) >= 11 is 3.72. The van der Waals surface area contributed by atoms with Gasteiger partial charge >= 0.3 is 0 Å². The van der Waals surface area contributed by atoms with Gasteiger partial charge in [-0.2, -0.15) is 0 Å². The van der Waals surface area contributed by atoms with Crippen LogP contribution in [0.4, 0.5) is 11.4 Å². The fraction of sp³-hybridized carbons (Fsp3) is 0.240. The van der Waals surface area contributed by atoms with Crippen molar-refractivity contribution in [3.05, 3.63) is 84.4 Å². The second-order valence-electron chi connectivity index (χ2n) is 7.75. The van der Waals surface area contributed by atoms with Gasteiger partial charge in [0.25, 0.3) is 0 Å². The zero-order chi connectivity index (χ0) is 21.6. The molecule has 164 valence electrons. The van der Waals surface area contributed by atoms with E-state index in [2.05, 4.69) is 87.2 Å². The molecule has 32 heavy (non-hydrogen) atoms. The highest BCUT2D eigenvalue weighted by molar-refractivity contribution is 8.00. The Morgan fingerprint density at radius 2 is 1.47 bits per heavy atom. The van der Waals surface area contributed by atoms with E-state index in [9.17, 15) is 0 Å². The predicted molar refractivity (Wildman–Crippen MR) is 138 cm³/mol. The summed E-state index contributed by atoms with van der Waals surface area (Å²) in [5, 5.41) is 8.10. The summed E-state index contributed by atoms with van der Waals surface area (Å²) in [6, 6.07) is 27.3. The number of benzene rings is 3. The van der Waals surface area contributed by atoms with Gasteiger partial charge in [0.05, 0.1) is 22.4 Å². The molecule has 0 saturated carbocycles. The van der Waals surface area contributed by atoms with Crippen molar-refractivity contribution in [2.75, 3.05) is 35.2 Å². The summed E-state index contributed by atoms with van der Waals surface area (Å²) in [4.78, 5) is 10.7. The summed E-state index contributed by atoms with van der Waals surface area (Å²) in [6.07, 6.45) is 0. The lowest BCUT2D eigenvalue weighted by atomic mass is 10.2. The number of aromatic amines is 1.